The van der Waals surface area contributed by atoms with Gasteiger partial charge in [0.2, 0.25) is 0 Å². The van der Waals surface area contributed by atoms with Crippen LogP contribution in [0, 0.1) is 18.2 Å². The van der Waals surface area contributed by atoms with Gasteiger partial charge in [0.05, 0.1) is 0 Å². The Hall–Kier alpha value is -1.82. The van der Waals surface area contributed by atoms with Gasteiger partial charge < -0.3 is 0 Å². The molecule has 0 heteroatoms. The average molecular weight is 175 g/mol. The minimum Gasteiger partial charge on any atom is -0.0610 e. The van der Waals surface area contributed by atoms with Crippen molar-refractivity contribution in [1.82, 2.24) is 0 Å². The number of rotatable bonds is 0. The van der Waals surface area contributed by atoms with Crippen LogP contribution >= 0.6 is 0 Å². The lowest BCUT2D eigenvalue weighted by Crippen LogP contribution is -1.76. The molecule has 0 aliphatic heterocycles. The molecule has 0 aliphatic rings. The maximum absolute atomic E-state index is 3.32. The lowest BCUT2D eigenvalue weighted by atomic mass is 10.0. The third-order valence-electron chi connectivity index (χ3n) is 2.34. The summed E-state index contributed by atoms with van der Waals surface area (Å²) < 4.78 is 0. The topological polar surface area (TPSA) is 0 Å². The van der Waals surface area contributed by atoms with E-state index in [2.05, 4.69) is 30.3 Å². The summed E-state index contributed by atoms with van der Waals surface area (Å²) in [6.07, 6.45) is 0. The molecule has 0 saturated carbocycles. The second-order valence-electron chi connectivity index (χ2n) is 3.27. The van der Waals surface area contributed by atoms with Crippen LogP contribution in [-0.2, 0) is 0 Å². The summed E-state index contributed by atoms with van der Waals surface area (Å²) >= 11 is 0. The molecule has 0 aromatic heterocycles. The molecular weight excluding hydrogens is 168 g/mol. The molecule has 0 nitrogen and oxygen atoms in total. The first-order chi connectivity index (χ1) is 6.93. The van der Waals surface area contributed by atoms with Crippen LogP contribution in [0.3, 0.4) is 0 Å². The van der Waals surface area contributed by atoms with E-state index in [0.29, 0.717) is 0 Å². The Labute approximate surface area is 82.8 Å². The Morgan fingerprint density at radius 3 is 2.71 bits per heavy atom. The molecule has 0 heterocycles. The van der Waals surface area contributed by atoms with E-state index in [1.54, 1.807) is 0 Å². The van der Waals surface area contributed by atoms with Crippen LogP contribution < -0.4 is 0 Å². The Morgan fingerprint density at radius 2 is 1.71 bits per heavy atom. The quantitative estimate of drug-likeness (QED) is 0.459. The van der Waals surface area contributed by atoms with Gasteiger partial charge in [0.25, 0.3) is 0 Å². The predicted octanol–water partition coefficient (Wildman–Crippen LogP) is 3.39. The zero-order chi connectivity index (χ0) is 9.38. The molecule has 0 unspecified atom stereocenters. The minimum atomic E-state index is 1.04. The Bertz CT molecular complexity index is 489. The van der Waals surface area contributed by atoms with Gasteiger partial charge in [0, 0.05) is 0 Å². The van der Waals surface area contributed by atoms with Crippen LogP contribution in [0.1, 0.15) is 0 Å². The van der Waals surface area contributed by atoms with Crippen molar-refractivity contribution in [2.45, 2.75) is 0 Å². The van der Waals surface area contributed by atoms with Crippen LogP contribution in [0.4, 0.5) is 0 Å². The van der Waals surface area contributed by atoms with Gasteiger partial charge in [-0.2, -0.15) is 0 Å². The standard InChI is InChI=1S/C14H7/c1-2-6-12-10-14-8-4-3-7-13(14)9-11(12)5-1/h1-5,8-9H. The van der Waals surface area contributed by atoms with Crippen LogP contribution in [0.5, 0.6) is 0 Å². The van der Waals surface area contributed by atoms with Crippen molar-refractivity contribution < 1.29 is 0 Å². The lowest BCUT2D eigenvalue weighted by Gasteiger charge is -1.99. The Morgan fingerprint density at radius 1 is 0.857 bits per heavy atom. The molecular formula is C14H7. The Kier molecular flexibility index (Phi) is 1.54. The molecule has 0 N–H and O–H groups in total. The normalized spacial score (nSPS) is 10.9. The van der Waals surface area contributed by atoms with E-state index in [1.165, 1.54) is 5.39 Å². The van der Waals surface area contributed by atoms with E-state index in [-0.39, 0.29) is 0 Å². The number of hydrogen-bond donors (Lipinski definition) is 0. The van der Waals surface area contributed by atoms with Crippen molar-refractivity contribution in [2.75, 3.05) is 0 Å². The second-order valence-corrected chi connectivity index (χ2v) is 3.27. The molecule has 0 atom stereocenters. The fourth-order valence-electron chi connectivity index (χ4n) is 1.65. The highest BCUT2D eigenvalue weighted by molar-refractivity contribution is 5.96. The van der Waals surface area contributed by atoms with E-state index in [9.17, 15) is 0 Å². The predicted molar refractivity (Wildman–Crippen MR) is 58.0 cm³/mol. The average Bonchev–Trinajstić information content (AvgIpc) is 2.26. The molecule has 0 amide bonds. The van der Waals surface area contributed by atoms with Crippen molar-refractivity contribution in [1.29, 1.82) is 0 Å². The molecule has 3 rings (SSSR count). The summed E-state index contributed by atoms with van der Waals surface area (Å²) in [5.74, 6) is 0. The summed E-state index contributed by atoms with van der Waals surface area (Å²) in [5, 5.41) is 4.42. The third-order valence-corrected chi connectivity index (χ3v) is 2.34. The first-order valence-electron chi connectivity index (χ1n) is 4.57. The fourth-order valence-corrected chi connectivity index (χ4v) is 1.65. The lowest BCUT2D eigenvalue weighted by molar-refractivity contribution is 1.74. The van der Waals surface area contributed by atoms with E-state index in [0.717, 1.165) is 16.2 Å². The molecule has 0 fully saturated rings. The highest BCUT2D eigenvalue weighted by atomic mass is 14.0. The largest absolute Gasteiger partial charge is 0.0610 e. The third kappa shape index (κ3) is 1.08. The molecule has 0 bridgehead atoms. The Balaban J connectivity index is 2.52. The molecule has 0 spiro atoms. The zero-order valence-electron chi connectivity index (χ0n) is 7.54. The van der Waals surface area contributed by atoms with Crippen LogP contribution in [-0.4, -0.2) is 0 Å². The maximum Gasteiger partial charge on any atom is -0.000763 e. The van der Waals surface area contributed by atoms with Crippen molar-refractivity contribution in [3.05, 3.63) is 60.7 Å². The molecule has 0 saturated heterocycles. The van der Waals surface area contributed by atoms with Crippen LogP contribution in [0.25, 0.3) is 21.5 Å². The summed E-state index contributed by atoms with van der Waals surface area (Å²) in [6.45, 7) is 0. The van der Waals surface area contributed by atoms with Crippen molar-refractivity contribution in [3.63, 3.8) is 0 Å². The minimum absolute atomic E-state index is 1.04. The van der Waals surface area contributed by atoms with Gasteiger partial charge in [0.1, 0.15) is 0 Å². The van der Waals surface area contributed by atoms with Crippen molar-refractivity contribution in [2.24, 2.45) is 0 Å². The summed E-state index contributed by atoms with van der Waals surface area (Å²) in [6, 6.07) is 23.7. The van der Waals surface area contributed by atoms with Gasteiger partial charge in [-0.3, -0.25) is 0 Å². The SMILES string of the molecule is [c]1cccc2cc3[c]cccc3[c]c12. The molecule has 63 valence electrons. The monoisotopic (exact) mass is 175 g/mol. The van der Waals surface area contributed by atoms with E-state index in [1.807, 2.05) is 30.3 Å². The van der Waals surface area contributed by atoms with Gasteiger partial charge in [-0.15, -0.1) is 0 Å². The highest BCUT2D eigenvalue weighted by Gasteiger charge is 1.96. The van der Waals surface area contributed by atoms with Gasteiger partial charge in [-0.05, 0) is 45.8 Å². The zero-order valence-corrected chi connectivity index (χ0v) is 7.54. The highest BCUT2D eigenvalue weighted by Crippen LogP contribution is 2.20. The molecule has 0 aliphatic carbocycles. The smallest absolute Gasteiger partial charge is 0.000763 e. The van der Waals surface area contributed by atoms with Gasteiger partial charge in [-0.25, -0.2) is 0 Å². The first-order valence-corrected chi connectivity index (χ1v) is 4.57. The molecule has 14 heavy (non-hydrogen) atoms. The number of hydrogen-bond acceptors (Lipinski definition) is 0. The van der Waals surface area contributed by atoms with Crippen LogP contribution in [0.15, 0.2) is 42.5 Å². The maximum atomic E-state index is 3.32. The van der Waals surface area contributed by atoms with Gasteiger partial charge in [0.15, 0.2) is 0 Å². The van der Waals surface area contributed by atoms with Crippen molar-refractivity contribution in [3.8, 4) is 0 Å². The summed E-state index contributed by atoms with van der Waals surface area (Å²) in [5.41, 5.74) is 0. The van der Waals surface area contributed by atoms with E-state index in [4.69, 9.17) is 0 Å². The fraction of sp³-hybridized carbons (Fsp3) is 0. The molecule has 3 aromatic carbocycles. The number of benzene rings is 3. The van der Waals surface area contributed by atoms with Crippen molar-refractivity contribution >= 4 is 21.5 Å². The van der Waals surface area contributed by atoms with Gasteiger partial charge >= 0.3 is 0 Å². The van der Waals surface area contributed by atoms with Crippen LogP contribution in [0.2, 0.25) is 0 Å². The van der Waals surface area contributed by atoms with E-state index < -0.39 is 0 Å². The van der Waals surface area contributed by atoms with E-state index >= 15 is 0 Å². The summed E-state index contributed by atoms with van der Waals surface area (Å²) in [4.78, 5) is 0. The number of fused-ring (bicyclic) bond motifs is 2. The molecule has 3 aromatic rings. The first kappa shape index (κ1) is 7.57. The second kappa shape index (κ2) is 2.85. The summed E-state index contributed by atoms with van der Waals surface area (Å²) in [7, 11) is 0. The molecule has 3 radical (unpaired) electrons. The van der Waals surface area contributed by atoms with Gasteiger partial charge in [-0.1, -0.05) is 36.4 Å².